The van der Waals surface area contributed by atoms with Crippen LogP contribution < -0.4 is 4.90 Å². The number of hydrogen-bond acceptors (Lipinski definition) is 5. The molecule has 2 rings (SSSR count). The van der Waals surface area contributed by atoms with Gasteiger partial charge in [0.2, 0.25) is 0 Å². The van der Waals surface area contributed by atoms with Gasteiger partial charge in [0.1, 0.15) is 0 Å². The molecule has 126 valence electrons. The number of rotatable bonds is 9. The SMILES string of the molecule is COCC(O)CN(CC(O)COC)c1cccc2ccccc12. The Bertz CT molecular complexity index is 585. The molecule has 2 aromatic carbocycles. The van der Waals surface area contributed by atoms with E-state index in [9.17, 15) is 10.2 Å². The van der Waals surface area contributed by atoms with Gasteiger partial charge < -0.3 is 24.6 Å². The molecule has 0 fully saturated rings. The van der Waals surface area contributed by atoms with Gasteiger partial charge in [-0.15, -0.1) is 0 Å². The van der Waals surface area contributed by atoms with Crippen molar-refractivity contribution in [2.45, 2.75) is 12.2 Å². The highest BCUT2D eigenvalue weighted by molar-refractivity contribution is 5.94. The molecule has 0 bridgehead atoms. The summed E-state index contributed by atoms with van der Waals surface area (Å²) < 4.78 is 10.0. The van der Waals surface area contributed by atoms with Gasteiger partial charge in [0, 0.05) is 38.4 Å². The molecule has 0 radical (unpaired) electrons. The summed E-state index contributed by atoms with van der Waals surface area (Å²) in [7, 11) is 3.12. The molecule has 0 spiro atoms. The lowest BCUT2D eigenvalue weighted by Crippen LogP contribution is -2.41. The first-order chi connectivity index (χ1) is 11.2. The third-order valence-corrected chi connectivity index (χ3v) is 3.69. The van der Waals surface area contributed by atoms with Gasteiger partial charge in [-0.3, -0.25) is 0 Å². The topological polar surface area (TPSA) is 62.2 Å². The number of anilines is 1. The van der Waals surface area contributed by atoms with E-state index in [0.717, 1.165) is 16.5 Å². The van der Waals surface area contributed by atoms with Crippen molar-refractivity contribution in [3.8, 4) is 0 Å². The van der Waals surface area contributed by atoms with Crippen molar-refractivity contribution in [3.63, 3.8) is 0 Å². The predicted molar refractivity (Wildman–Crippen MR) is 91.9 cm³/mol. The molecule has 0 saturated carbocycles. The zero-order chi connectivity index (χ0) is 16.7. The van der Waals surface area contributed by atoms with Crippen molar-refractivity contribution < 1.29 is 19.7 Å². The van der Waals surface area contributed by atoms with Crippen molar-refractivity contribution in [2.24, 2.45) is 0 Å². The summed E-state index contributed by atoms with van der Waals surface area (Å²) in [6, 6.07) is 14.1. The summed E-state index contributed by atoms with van der Waals surface area (Å²) in [4.78, 5) is 1.98. The van der Waals surface area contributed by atoms with Crippen molar-refractivity contribution in [3.05, 3.63) is 42.5 Å². The van der Waals surface area contributed by atoms with Crippen LogP contribution in [0.5, 0.6) is 0 Å². The van der Waals surface area contributed by atoms with E-state index >= 15 is 0 Å². The third kappa shape index (κ3) is 4.91. The highest BCUT2D eigenvalue weighted by Crippen LogP contribution is 2.27. The summed E-state index contributed by atoms with van der Waals surface area (Å²) in [6.07, 6.45) is -1.26. The fraction of sp³-hybridized carbons (Fsp3) is 0.444. The van der Waals surface area contributed by atoms with Crippen LogP contribution in [-0.2, 0) is 9.47 Å². The van der Waals surface area contributed by atoms with Gasteiger partial charge in [0.15, 0.2) is 0 Å². The van der Waals surface area contributed by atoms with Crippen molar-refractivity contribution in [2.75, 3.05) is 45.4 Å². The average Bonchev–Trinajstić information content (AvgIpc) is 2.54. The van der Waals surface area contributed by atoms with Crippen LogP contribution in [0.4, 0.5) is 5.69 Å². The number of hydrogen-bond donors (Lipinski definition) is 2. The number of aliphatic hydroxyl groups is 2. The summed E-state index contributed by atoms with van der Waals surface area (Å²) in [5, 5.41) is 22.4. The molecule has 2 aromatic rings. The minimum Gasteiger partial charge on any atom is -0.389 e. The van der Waals surface area contributed by atoms with Crippen molar-refractivity contribution >= 4 is 16.5 Å². The Labute approximate surface area is 137 Å². The van der Waals surface area contributed by atoms with Gasteiger partial charge in [0.25, 0.3) is 0 Å². The minimum atomic E-state index is -0.631. The highest BCUT2D eigenvalue weighted by Gasteiger charge is 2.18. The number of nitrogens with zero attached hydrogens (tertiary/aromatic N) is 1. The molecule has 5 heteroatoms. The molecule has 0 heterocycles. The molecule has 0 aliphatic rings. The molecular weight excluding hydrogens is 294 g/mol. The van der Waals surface area contributed by atoms with Gasteiger partial charge in [-0.1, -0.05) is 36.4 Å². The highest BCUT2D eigenvalue weighted by atomic mass is 16.5. The molecule has 0 aliphatic carbocycles. The Hall–Kier alpha value is -1.66. The molecule has 0 saturated heterocycles. The van der Waals surface area contributed by atoms with Crippen molar-refractivity contribution in [1.82, 2.24) is 0 Å². The molecule has 0 aromatic heterocycles. The number of methoxy groups -OCH3 is 2. The number of fused-ring (bicyclic) bond motifs is 1. The maximum absolute atomic E-state index is 10.1. The Morgan fingerprint density at radius 2 is 1.43 bits per heavy atom. The van der Waals surface area contributed by atoms with E-state index in [1.165, 1.54) is 0 Å². The third-order valence-electron chi connectivity index (χ3n) is 3.69. The molecule has 0 aliphatic heterocycles. The van der Waals surface area contributed by atoms with E-state index in [0.29, 0.717) is 13.1 Å². The lowest BCUT2D eigenvalue weighted by Gasteiger charge is -2.30. The van der Waals surface area contributed by atoms with Crippen LogP contribution in [-0.4, -0.2) is 62.9 Å². The first-order valence-corrected chi connectivity index (χ1v) is 7.72. The molecular formula is C18H25NO4. The summed E-state index contributed by atoms with van der Waals surface area (Å²) >= 11 is 0. The maximum Gasteiger partial charge on any atom is 0.0947 e. The quantitative estimate of drug-likeness (QED) is 0.736. The van der Waals surface area contributed by atoms with Gasteiger partial charge in [-0.25, -0.2) is 0 Å². The Morgan fingerprint density at radius 1 is 0.870 bits per heavy atom. The largest absolute Gasteiger partial charge is 0.389 e. The fourth-order valence-corrected chi connectivity index (χ4v) is 2.75. The van der Waals surface area contributed by atoms with Gasteiger partial charge >= 0.3 is 0 Å². The smallest absolute Gasteiger partial charge is 0.0947 e. The van der Waals surface area contributed by atoms with Crippen LogP contribution in [0.25, 0.3) is 10.8 Å². The molecule has 2 unspecified atom stereocenters. The number of ether oxygens (including phenoxy) is 2. The van der Waals surface area contributed by atoms with E-state index in [-0.39, 0.29) is 13.2 Å². The summed E-state index contributed by atoms with van der Waals surface area (Å²) in [5.74, 6) is 0. The lowest BCUT2D eigenvalue weighted by atomic mass is 10.1. The lowest BCUT2D eigenvalue weighted by molar-refractivity contribution is 0.0560. The summed E-state index contributed by atoms with van der Waals surface area (Å²) in [6.45, 7) is 1.26. The molecule has 23 heavy (non-hydrogen) atoms. The normalized spacial score (nSPS) is 13.9. The van der Waals surface area contributed by atoms with E-state index in [1.807, 2.05) is 47.4 Å². The predicted octanol–water partition coefficient (Wildman–Crippen LogP) is 1.66. The van der Waals surface area contributed by atoms with Crippen LogP contribution in [0.1, 0.15) is 0 Å². The van der Waals surface area contributed by atoms with Gasteiger partial charge in [-0.2, -0.15) is 0 Å². The molecule has 5 nitrogen and oxygen atoms in total. The molecule has 2 N–H and O–H groups in total. The van der Waals surface area contributed by atoms with Crippen LogP contribution in [0.15, 0.2) is 42.5 Å². The Balaban J connectivity index is 2.30. The fourth-order valence-electron chi connectivity index (χ4n) is 2.75. The van der Waals surface area contributed by atoms with E-state index < -0.39 is 12.2 Å². The van der Waals surface area contributed by atoms with Gasteiger partial charge in [0.05, 0.1) is 25.4 Å². The maximum atomic E-state index is 10.1. The zero-order valence-electron chi connectivity index (χ0n) is 13.7. The summed E-state index contributed by atoms with van der Waals surface area (Å²) in [5.41, 5.74) is 0.980. The van der Waals surface area contributed by atoms with Crippen LogP contribution in [0, 0.1) is 0 Å². The van der Waals surface area contributed by atoms with Crippen LogP contribution in [0.2, 0.25) is 0 Å². The van der Waals surface area contributed by atoms with Crippen molar-refractivity contribution in [1.29, 1.82) is 0 Å². The molecule has 0 amide bonds. The van der Waals surface area contributed by atoms with E-state index in [2.05, 4.69) is 0 Å². The monoisotopic (exact) mass is 319 g/mol. The average molecular weight is 319 g/mol. The van der Waals surface area contributed by atoms with E-state index in [4.69, 9.17) is 9.47 Å². The van der Waals surface area contributed by atoms with Gasteiger partial charge in [-0.05, 0) is 11.5 Å². The minimum absolute atomic E-state index is 0.252. The standard InChI is InChI=1S/C18H25NO4/c1-22-12-15(20)10-19(11-16(21)13-23-2)18-9-5-7-14-6-3-4-8-17(14)18/h3-9,15-16,20-21H,10-13H2,1-2H3. The van der Waals surface area contributed by atoms with Crippen LogP contribution >= 0.6 is 0 Å². The van der Waals surface area contributed by atoms with Crippen LogP contribution in [0.3, 0.4) is 0 Å². The number of aliphatic hydroxyl groups excluding tert-OH is 2. The Kier molecular flexibility index (Phi) is 6.80. The zero-order valence-corrected chi connectivity index (χ0v) is 13.7. The second kappa shape index (κ2) is 8.84. The Morgan fingerprint density at radius 3 is 2.04 bits per heavy atom. The second-order valence-corrected chi connectivity index (χ2v) is 5.62. The number of benzene rings is 2. The van der Waals surface area contributed by atoms with E-state index in [1.54, 1.807) is 14.2 Å². The second-order valence-electron chi connectivity index (χ2n) is 5.62. The molecule has 2 atom stereocenters. The first kappa shape index (κ1) is 17.7. The first-order valence-electron chi connectivity index (χ1n) is 7.72.